The number of aromatic nitrogens is 1. The second-order valence-corrected chi connectivity index (χ2v) is 8.18. The topological polar surface area (TPSA) is 71.1 Å². The molecule has 2 N–H and O–H groups in total. The Morgan fingerprint density at radius 1 is 0.906 bits per heavy atom. The lowest BCUT2D eigenvalue weighted by Gasteiger charge is -2.11. The van der Waals surface area contributed by atoms with Crippen LogP contribution in [0.1, 0.15) is 31.8 Å². The lowest BCUT2D eigenvalue weighted by molar-refractivity contribution is 0.101. The standard InChI is InChI=1S/C25H20FN3O2S/c1-15-7-10-17(11-8-15)22-14-32-25(28-22)29-23(30)18-12-9-16(2)21(13-18)27-24(31)19-5-3-4-6-20(19)26/h3-14H,1-2H3,(H,27,31)(H,28,29,30). The van der Waals surface area contributed by atoms with E-state index in [1.165, 1.54) is 29.5 Å². The minimum Gasteiger partial charge on any atom is -0.322 e. The van der Waals surface area contributed by atoms with Gasteiger partial charge in [-0.25, -0.2) is 9.37 Å². The van der Waals surface area contributed by atoms with Crippen molar-refractivity contribution in [2.24, 2.45) is 0 Å². The van der Waals surface area contributed by atoms with Crippen molar-refractivity contribution in [1.82, 2.24) is 4.98 Å². The van der Waals surface area contributed by atoms with Crippen LogP contribution in [0.3, 0.4) is 0 Å². The van der Waals surface area contributed by atoms with Gasteiger partial charge in [0.15, 0.2) is 5.13 Å². The van der Waals surface area contributed by atoms with Crippen LogP contribution >= 0.6 is 11.3 Å². The number of nitrogens with zero attached hydrogens (tertiary/aromatic N) is 1. The van der Waals surface area contributed by atoms with Crippen molar-refractivity contribution in [3.8, 4) is 11.3 Å². The third-order valence-electron chi connectivity index (χ3n) is 4.94. The summed E-state index contributed by atoms with van der Waals surface area (Å²) >= 11 is 1.33. The molecule has 4 aromatic rings. The molecule has 0 saturated carbocycles. The van der Waals surface area contributed by atoms with Crippen LogP contribution in [-0.4, -0.2) is 16.8 Å². The van der Waals surface area contributed by atoms with Crippen LogP contribution in [-0.2, 0) is 0 Å². The number of benzene rings is 3. The summed E-state index contributed by atoms with van der Waals surface area (Å²) < 4.78 is 13.9. The summed E-state index contributed by atoms with van der Waals surface area (Å²) in [5.74, 6) is -1.53. The van der Waals surface area contributed by atoms with Gasteiger partial charge >= 0.3 is 0 Å². The van der Waals surface area contributed by atoms with Crippen molar-refractivity contribution in [2.75, 3.05) is 10.6 Å². The average molecular weight is 446 g/mol. The van der Waals surface area contributed by atoms with Gasteiger partial charge in [-0.1, -0.05) is 48.0 Å². The number of thiazole rings is 1. The van der Waals surface area contributed by atoms with Crippen LogP contribution in [0, 0.1) is 19.7 Å². The Bertz CT molecular complexity index is 1300. The average Bonchev–Trinajstić information content (AvgIpc) is 3.24. The summed E-state index contributed by atoms with van der Waals surface area (Å²) in [6.45, 7) is 3.82. The van der Waals surface area contributed by atoms with Gasteiger partial charge in [0.25, 0.3) is 11.8 Å². The lowest BCUT2D eigenvalue weighted by atomic mass is 10.1. The molecule has 5 nitrogen and oxygen atoms in total. The summed E-state index contributed by atoms with van der Waals surface area (Å²) in [6.07, 6.45) is 0. The predicted octanol–water partition coefficient (Wildman–Crippen LogP) is 6.07. The van der Waals surface area contributed by atoms with Crippen LogP contribution in [0.15, 0.2) is 72.1 Å². The third kappa shape index (κ3) is 4.73. The van der Waals surface area contributed by atoms with Gasteiger partial charge in [0, 0.05) is 22.2 Å². The van der Waals surface area contributed by atoms with Gasteiger partial charge in [0.2, 0.25) is 0 Å². The zero-order chi connectivity index (χ0) is 22.7. The van der Waals surface area contributed by atoms with Gasteiger partial charge in [-0.3, -0.25) is 14.9 Å². The molecular weight excluding hydrogens is 425 g/mol. The molecule has 0 aliphatic carbocycles. The van der Waals surface area contributed by atoms with Crippen LogP contribution in [0.5, 0.6) is 0 Å². The number of anilines is 2. The number of hydrogen-bond donors (Lipinski definition) is 2. The molecule has 2 amide bonds. The summed E-state index contributed by atoms with van der Waals surface area (Å²) in [5.41, 5.74) is 4.40. The van der Waals surface area contributed by atoms with E-state index in [1.807, 2.05) is 36.6 Å². The summed E-state index contributed by atoms with van der Waals surface area (Å²) in [5, 5.41) is 7.84. The monoisotopic (exact) mass is 445 g/mol. The molecule has 0 radical (unpaired) electrons. The number of halogens is 1. The largest absolute Gasteiger partial charge is 0.322 e. The summed E-state index contributed by atoms with van der Waals surface area (Å²) in [6, 6.07) is 18.7. The number of aryl methyl sites for hydroxylation is 2. The van der Waals surface area contributed by atoms with Crippen LogP contribution in [0.2, 0.25) is 0 Å². The maximum absolute atomic E-state index is 13.9. The molecule has 0 bridgehead atoms. The highest BCUT2D eigenvalue weighted by Gasteiger charge is 2.15. The van der Waals surface area contributed by atoms with Crippen molar-refractivity contribution >= 4 is 34.0 Å². The Kier molecular flexibility index (Phi) is 6.09. The van der Waals surface area contributed by atoms with E-state index in [-0.39, 0.29) is 11.5 Å². The van der Waals surface area contributed by atoms with E-state index in [0.29, 0.717) is 16.4 Å². The van der Waals surface area contributed by atoms with Gasteiger partial charge in [0.1, 0.15) is 5.82 Å². The third-order valence-corrected chi connectivity index (χ3v) is 5.70. The fraction of sp³-hybridized carbons (Fsp3) is 0.0800. The minimum atomic E-state index is -0.607. The molecule has 4 rings (SSSR count). The highest BCUT2D eigenvalue weighted by molar-refractivity contribution is 7.14. The number of amides is 2. The fourth-order valence-electron chi connectivity index (χ4n) is 3.09. The van der Waals surface area contributed by atoms with Crippen LogP contribution in [0.4, 0.5) is 15.2 Å². The molecule has 3 aromatic carbocycles. The number of carbonyl (C=O) groups excluding carboxylic acids is 2. The maximum atomic E-state index is 13.9. The van der Waals surface area contributed by atoms with E-state index in [1.54, 1.807) is 31.2 Å². The first-order chi connectivity index (χ1) is 15.4. The second-order valence-electron chi connectivity index (χ2n) is 7.32. The molecule has 0 aliphatic rings. The van der Waals surface area contributed by atoms with Crippen LogP contribution < -0.4 is 10.6 Å². The zero-order valence-electron chi connectivity index (χ0n) is 17.5. The molecular formula is C25H20FN3O2S. The smallest absolute Gasteiger partial charge is 0.258 e. The Labute approximate surface area is 189 Å². The van der Waals surface area contributed by atoms with Gasteiger partial charge in [0.05, 0.1) is 11.3 Å². The minimum absolute atomic E-state index is 0.0619. The molecule has 160 valence electrons. The first-order valence-electron chi connectivity index (χ1n) is 9.91. The summed E-state index contributed by atoms with van der Waals surface area (Å²) in [4.78, 5) is 29.7. The van der Waals surface area contributed by atoms with Crippen molar-refractivity contribution in [3.63, 3.8) is 0 Å². The summed E-state index contributed by atoms with van der Waals surface area (Å²) in [7, 11) is 0. The fourth-order valence-corrected chi connectivity index (χ4v) is 3.80. The molecule has 0 fully saturated rings. The number of hydrogen-bond acceptors (Lipinski definition) is 4. The van der Waals surface area contributed by atoms with E-state index >= 15 is 0 Å². The highest BCUT2D eigenvalue weighted by atomic mass is 32.1. The first-order valence-corrected chi connectivity index (χ1v) is 10.8. The van der Waals surface area contributed by atoms with Crippen molar-refractivity contribution < 1.29 is 14.0 Å². The lowest BCUT2D eigenvalue weighted by Crippen LogP contribution is -2.16. The molecule has 0 spiro atoms. The first kappa shape index (κ1) is 21.4. The van der Waals surface area contributed by atoms with Gasteiger partial charge < -0.3 is 5.32 Å². The van der Waals surface area contributed by atoms with Gasteiger partial charge in [-0.05, 0) is 43.7 Å². The molecule has 1 heterocycles. The Morgan fingerprint density at radius 2 is 1.66 bits per heavy atom. The Balaban J connectivity index is 1.49. The normalized spacial score (nSPS) is 10.6. The maximum Gasteiger partial charge on any atom is 0.258 e. The Morgan fingerprint density at radius 3 is 2.41 bits per heavy atom. The van der Waals surface area contributed by atoms with Crippen molar-refractivity contribution in [3.05, 3.63) is 100 Å². The Hall–Kier alpha value is -3.84. The number of nitrogens with one attached hydrogen (secondary N) is 2. The quantitative estimate of drug-likeness (QED) is 0.392. The molecule has 7 heteroatoms. The number of carbonyl (C=O) groups is 2. The van der Waals surface area contributed by atoms with E-state index in [0.717, 1.165) is 22.4 Å². The molecule has 0 atom stereocenters. The van der Waals surface area contributed by atoms with Crippen LogP contribution in [0.25, 0.3) is 11.3 Å². The second kappa shape index (κ2) is 9.11. The van der Waals surface area contributed by atoms with E-state index in [2.05, 4.69) is 15.6 Å². The highest BCUT2D eigenvalue weighted by Crippen LogP contribution is 2.26. The molecule has 0 aliphatic heterocycles. The zero-order valence-corrected chi connectivity index (χ0v) is 18.3. The predicted molar refractivity (Wildman–Crippen MR) is 126 cm³/mol. The SMILES string of the molecule is Cc1ccc(-c2csc(NC(=O)c3ccc(C)c(NC(=O)c4ccccc4F)c3)n2)cc1. The molecule has 0 saturated heterocycles. The van der Waals surface area contributed by atoms with Gasteiger partial charge in [-0.15, -0.1) is 11.3 Å². The van der Waals surface area contributed by atoms with Gasteiger partial charge in [-0.2, -0.15) is 0 Å². The van der Waals surface area contributed by atoms with E-state index in [4.69, 9.17) is 0 Å². The van der Waals surface area contributed by atoms with E-state index in [9.17, 15) is 14.0 Å². The molecule has 32 heavy (non-hydrogen) atoms. The van der Waals surface area contributed by atoms with E-state index < -0.39 is 11.7 Å². The molecule has 1 aromatic heterocycles. The molecule has 0 unspecified atom stereocenters. The van der Waals surface area contributed by atoms with Crippen molar-refractivity contribution in [1.29, 1.82) is 0 Å². The van der Waals surface area contributed by atoms with Crippen molar-refractivity contribution in [2.45, 2.75) is 13.8 Å². The number of rotatable bonds is 5.